The number of anilines is 1. The molecule has 2 heterocycles. The fraction of sp³-hybridized carbons (Fsp3) is 0.111. The first-order chi connectivity index (χ1) is 12.7. The number of pyridine rings is 1. The Morgan fingerprint density at radius 3 is 2.77 bits per heavy atom. The van der Waals surface area contributed by atoms with Gasteiger partial charge in [-0.05, 0) is 30.3 Å². The fourth-order valence-electron chi connectivity index (χ4n) is 2.16. The highest BCUT2D eigenvalue weighted by atomic mass is 16.5. The SMILES string of the molecule is COc1cccc(NC(=O)COC(=O)c2ccc(-n3cccn3)nc2)c1. The molecule has 3 aromatic rings. The van der Waals surface area contributed by atoms with E-state index in [1.807, 2.05) is 0 Å². The summed E-state index contributed by atoms with van der Waals surface area (Å²) in [6.45, 7) is -0.406. The van der Waals surface area contributed by atoms with Crippen molar-refractivity contribution in [1.82, 2.24) is 14.8 Å². The van der Waals surface area contributed by atoms with Gasteiger partial charge in [0.15, 0.2) is 12.4 Å². The van der Waals surface area contributed by atoms with E-state index in [1.165, 1.54) is 13.3 Å². The van der Waals surface area contributed by atoms with Gasteiger partial charge in [-0.3, -0.25) is 4.79 Å². The molecular formula is C18H16N4O4. The first kappa shape index (κ1) is 17.2. The molecule has 0 spiro atoms. The number of nitrogens with zero attached hydrogens (tertiary/aromatic N) is 3. The number of methoxy groups -OCH3 is 1. The molecule has 0 saturated carbocycles. The lowest BCUT2D eigenvalue weighted by atomic mass is 10.3. The summed E-state index contributed by atoms with van der Waals surface area (Å²) in [7, 11) is 1.54. The van der Waals surface area contributed by atoms with Crippen LogP contribution in [-0.2, 0) is 9.53 Å². The number of nitrogens with one attached hydrogen (secondary N) is 1. The molecule has 0 atom stereocenters. The topological polar surface area (TPSA) is 95.3 Å². The number of hydrogen-bond donors (Lipinski definition) is 1. The van der Waals surface area contributed by atoms with Gasteiger partial charge in [0.2, 0.25) is 0 Å². The number of esters is 1. The lowest BCUT2D eigenvalue weighted by Gasteiger charge is -2.08. The highest BCUT2D eigenvalue weighted by Gasteiger charge is 2.11. The van der Waals surface area contributed by atoms with Crippen molar-refractivity contribution >= 4 is 17.6 Å². The number of hydrogen-bond acceptors (Lipinski definition) is 6. The zero-order valence-electron chi connectivity index (χ0n) is 14.0. The Kier molecular flexibility index (Phi) is 5.23. The molecule has 3 rings (SSSR count). The monoisotopic (exact) mass is 352 g/mol. The maximum absolute atomic E-state index is 12.0. The van der Waals surface area contributed by atoms with Crippen molar-refractivity contribution in [3.05, 3.63) is 66.6 Å². The van der Waals surface area contributed by atoms with Gasteiger partial charge in [-0.1, -0.05) is 6.07 Å². The van der Waals surface area contributed by atoms with Gasteiger partial charge in [-0.25, -0.2) is 14.5 Å². The first-order valence-electron chi connectivity index (χ1n) is 7.73. The Labute approximate surface area is 149 Å². The maximum Gasteiger partial charge on any atom is 0.340 e. The van der Waals surface area contributed by atoms with Crippen LogP contribution < -0.4 is 10.1 Å². The average molecular weight is 352 g/mol. The maximum atomic E-state index is 12.0. The third-order valence-corrected chi connectivity index (χ3v) is 3.41. The molecule has 1 N–H and O–H groups in total. The van der Waals surface area contributed by atoms with Crippen molar-refractivity contribution in [2.45, 2.75) is 0 Å². The molecule has 1 aromatic carbocycles. The lowest BCUT2D eigenvalue weighted by molar-refractivity contribution is -0.119. The number of amides is 1. The molecule has 1 amide bonds. The van der Waals surface area contributed by atoms with Gasteiger partial charge in [-0.2, -0.15) is 5.10 Å². The predicted octanol–water partition coefficient (Wildman–Crippen LogP) is 2.07. The Hall–Kier alpha value is -3.68. The van der Waals surface area contributed by atoms with E-state index < -0.39 is 18.5 Å². The number of ether oxygens (including phenoxy) is 2. The van der Waals surface area contributed by atoms with Crippen LogP contribution in [0.3, 0.4) is 0 Å². The van der Waals surface area contributed by atoms with Gasteiger partial charge < -0.3 is 14.8 Å². The molecule has 0 aliphatic heterocycles. The molecule has 0 fully saturated rings. The second-order valence-electron chi connectivity index (χ2n) is 5.21. The lowest BCUT2D eigenvalue weighted by Crippen LogP contribution is -2.21. The van der Waals surface area contributed by atoms with E-state index in [2.05, 4.69) is 15.4 Å². The van der Waals surface area contributed by atoms with E-state index >= 15 is 0 Å². The Morgan fingerprint density at radius 1 is 1.19 bits per heavy atom. The summed E-state index contributed by atoms with van der Waals surface area (Å²) in [6.07, 6.45) is 4.74. The minimum atomic E-state index is -0.634. The third kappa shape index (κ3) is 4.23. The summed E-state index contributed by atoms with van der Waals surface area (Å²) in [5.74, 6) is 0.100. The number of carbonyl (C=O) groups is 2. The molecule has 2 aromatic heterocycles. The number of carbonyl (C=O) groups excluding carboxylic acids is 2. The van der Waals surface area contributed by atoms with Crippen molar-refractivity contribution in [2.75, 3.05) is 19.0 Å². The Morgan fingerprint density at radius 2 is 2.08 bits per heavy atom. The zero-order valence-corrected chi connectivity index (χ0v) is 14.0. The highest BCUT2D eigenvalue weighted by Crippen LogP contribution is 2.16. The summed E-state index contributed by atoms with van der Waals surface area (Å²) < 4.78 is 11.6. The van der Waals surface area contributed by atoms with E-state index in [0.29, 0.717) is 17.3 Å². The quantitative estimate of drug-likeness (QED) is 0.683. The molecule has 26 heavy (non-hydrogen) atoms. The molecule has 0 aliphatic rings. The second-order valence-corrected chi connectivity index (χ2v) is 5.21. The summed E-state index contributed by atoms with van der Waals surface area (Å²) in [4.78, 5) is 28.1. The zero-order chi connectivity index (χ0) is 18.4. The van der Waals surface area contributed by atoms with Crippen molar-refractivity contribution < 1.29 is 19.1 Å². The van der Waals surface area contributed by atoms with Crippen molar-refractivity contribution in [1.29, 1.82) is 0 Å². The van der Waals surface area contributed by atoms with E-state index in [4.69, 9.17) is 9.47 Å². The smallest absolute Gasteiger partial charge is 0.340 e. The summed E-state index contributed by atoms with van der Waals surface area (Å²) >= 11 is 0. The van der Waals surface area contributed by atoms with E-state index in [-0.39, 0.29) is 5.56 Å². The van der Waals surface area contributed by atoms with Gasteiger partial charge in [-0.15, -0.1) is 0 Å². The van der Waals surface area contributed by atoms with Crippen LogP contribution in [0, 0.1) is 0 Å². The number of aromatic nitrogens is 3. The summed E-state index contributed by atoms with van der Waals surface area (Å²) in [6, 6.07) is 11.8. The van der Waals surface area contributed by atoms with E-state index in [0.717, 1.165) is 0 Å². The van der Waals surface area contributed by atoms with Crippen LogP contribution in [0.5, 0.6) is 5.75 Å². The molecule has 0 saturated heterocycles. The Balaban J connectivity index is 1.53. The average Bonchev–Trinajstić information content (AvgIpc) is 3.21. The van der Waals surface area contributed by atoms with E-state index in [9.17, 15) is 9.59 Å². The van der Waals surface area contributed by atoms with Crippen LogP contribution in [0.4, 0.5) is 5.69 Å². The van der Waals surface area contributed by atoms with Crippen LogP contribution in [0.25, 0.3) is 5.82 Å². The molecular weight excluding hydrogens is 336 g/mol. The molecule has 8 nitrogen and oxygen atoms in total. The molecule has 0 radical (unpaired) electrons. The fourth-order valence-corrected chi connectivity index (χ4v) is 2.16. The third-order valence-electron chi connectivity index (χ3n) is 3.41. The summed E-state index contributed by atoms with van der Waals surface area (Å²) in [5, 5.41) is 6.68. The van der Waals surface area contributed by atoms with Crippen LogP contribution in [-0.4, -0.2) is 40.4 Å². The Bertz CT molecular complexity index is 892. The van der Waals surface area contributed by atoms with Crippen molar-refractivity contribution in [3.63, 3.8) is 0 Å². The molecule has 8 heteroatoms. The molecule has 0 aliphatic carbocycles. The standard InChI is InChI=1S/C18H16N4O4/c1-25-15-5-2-4-14(10-15)21-17(23)12-26-18(24)13-6-7-16(19-11-13)22-9-3-8-20-22/h2-11H,12H2,1H3,(H,21,23). The van der Waals surface area contributed by atoms with Gasteiger partial charge in [0.05, 0.1) is 12.7 Å². The highest BCUT2D eigenvalue weighted by molar-refractivity contribution is 5.95. The predicted molar refractivity (Wildman–Crippen MR) is 93.3 cm³/mol. The second kappa shape index (κ2) is 7.93. The van der Waals surface area contributed by atoms with Crippen LogP contribution >= 0.6 is 0 Å². The minimum absolute atomic E-state index is 0.245. The van der Waals surface area contributed by atoms with Crippen LogP contribution in [0.15, 0.2) is 61.1 Å². The van der Waals surface area contributed by atoms with Gasteiger partial charge >= 0.3 is 5.97 Å². The molecule has 0 bridgehead atoms. The molecule has 0 unspecified atom stereocenters. The minimum Gasteiger partial charge on any atom is -0.497 e. The van der Waals surface area contributed by atoms with Gasteiger partial charge in [0.25, 0.3) is 5.91 Å². The number of benzene rings is 1. The first-order valence-corrected chi connectivity index (χ1v) is 7.73. The van der Waals surface area contributed by atoms with Crippen LogP contribution in [0.2, 0.25) is 0 Å². The van der Waals surface area contributed by atoms with Crippen molar-refractivity contribution in [2.24, 2.45) is 0 Å². The summed E-state index contributed by atoms with van der Waals surface area (Å²) in [5.41, 5.74) is 0.797. The van der Waals surface area contributed by atoms with Crippen LogP contribution in [0.1, 0.15) is 10.4 Å². The van der Waals surface area contributed by atoms with Crippen molar-refractivity contribution in [3.8, 4) is 11.6 Å². The number of rotatable bonds is 6. The largest absolute Gasteiger partial charge is 0.497 e. The normalized spacial score (nSPS) is 10.2. The van der Waals surface area contributed by atoms with E-state index in [1.54, 1.807) is 59.5 Å². The van der Waals surface area contributed by atoms with Gasteiger partial charge in [0, 0.05) is 30.3 Å². The van der Waals surface area contributed by atoms with Gasteiger partial charge in [0.1, 0.15) is 5.75 Å². The molecule has 132 valence electrons.